The lowest BCUT2D eigenvalue weighted by Gasteiger charge is -2.34. The molecular formula is C12H16F2N4. The first-order valence-electron chi connectivity index (χ1n) is 5.76. The Balaban J connectivity index is 2.31. The van der Waals surface area contributed by atoms with Gasteiger partial charge < -0.3 is 15.5 Å². The lowest BCUT2D eigenvalue weighted by Crippen LogP contribution is -2.45. The molecule has 1 aliphatic heterocycles. The summed E-state index contributed by atoms with van der Waals surface area (Å²) >= 11 is 0. The molecule has 18 heavy (non-hydrogen) atoms. The average molecular weight is 254 g/mol. The predicted octanol–water partition coefficient (Wildman–Crippen LogP) is 1.00. The summed E-state index contributed by atoms with van der Waals surface area (Å²) in [6, 6.07) is 2.22. The normalized spacial score (nSPS) is 16.9. The minimum atomic E-state index is -0.662. The summed E-state index contributed by atoms with van der Waals surface area (Å²) < 4.78 is 27.8. The lowest BCUT2D eigenvalue weighted by molar-refractivity contribution is 0.310. The molecule has 4 nitrogen and oxygen atoms in total. The number of anilines is 1. The molecule has 1 aromatic rings. The molecule has 0 bridgehead atoms. The Hall–Kier alpha value is -1.69. The van der Waals surface area contributed by atoms with E-state index in [4.69, 9.17) is 11.1 Å². The van der Waals surface area contributed by atoms with Crippen LogP contribution in [0.4, 0.5) is 14.5 Å². The third kappa shape index (κ3) is 2.43. The summed E-state index contributed by atoms with van der Waals surface area (Å²) in [6.07, 6.45) is 0. The molecule has 1 aromatic carbocycles. The number of nitrogen functional groups attached to an aromatic ring is 1. The van der Waals surface area contributed by atoms with E-state index < -0.39 is 11.6 Å². The van der Waals surface area contributed by atoms with Crippen LogP contribution in [0.25, 0.3) is 0 Å². The van der Waals surface area contributed by atoms with Crippen LogP contribution < -0.4 is 10.6 Å². The number of nitrogens with zero attached hydrogens (tertiary/aromatic N) is 2. The molecule has 98 valence electrons. The van der Waals surface area contributed by atoms with Gasteiger partial charge in [-0.1, -0.05) is 0 Å². The van der Waals surface area contributed by atoms with Crippen LogP contribution in [0.15, 0.2) is 12.1 Å². The molecule has 0 spiro atoms. The number of likely N-dealkylation sites (N-methyl/N-ethyl adjacent to an activating group) is 1. The Kier molecular flexibility index (Phi) is 3.47. The first-order chi connectivity index (χ1) is 8.49. The lowest BCUT2D eigenvalue weighted by atomic mass is 10.1. The molecule has 3 N–H and O–H groups in total. The van der Waals surface area contributed by atoms with Crippen LogP contribution >= 0.6 is 0 Å². The number of halogens is 2. The van der Waals surface area contributed by atoms with Crippen LogP contribution in [0.2, 0.25) is 0 Å². The number of hydrogen-bond acceptors (Lipinski definition) is 3. The van der Waals surface area contributed by atoms with Crippen molar-refractivity contribution in [3.63, 3.8) is 0 Å². The topological polar surface area (TPSA) is 56.4 Å². The summed E-state index contributed by atoms with van der Waals surface area (Å²) in [4.78, 5) is 3.80. The molecule has 1 aliphatic rings. The molecule has 1 saturated heterocycles. The van der Waals surface area contributed by atoms with Crippen molar-refractivity contribution in [2.75, 3.05) is 38.1 Å². The largest absolute Gasteiger partial charge is 0.384 e. The van der Waals surface area contributed by atoms with Crippen molar-refractivity contribution in [2.45, 2.75) is 0 Å². The third-order valence-electron chi connectivity index (χ3n) is 3.15. The maximum Gasteiger partial charge on any atom is 0.150 e. The van der Waals surface area contributed by atoms with Gasteiger partial charge in [-0.05, 0) is 19.2 Å². The molecule has 0 aliphatic carbocycles. The van der Waals surface area contributed by atoms with Crippen LogP contribution in [0.1, 0.15) is 5.56 Å². The van der Waals surface area contributed by atoms with Gasteiger partial charge in [0.05, 0.1) is 0 Å². The van der Waals surface area contributed by atoms with Crippen molar-refractivity contribution in [3.05, 3.63) is 29.3 Å². The van der Waals surface area contributed by atoms with Crippen molar-refractivity contribution in [1.82, 2.24) is 4.90 Å². The van der Waals surface area contributed by atoms with Gasteiger partial charge in [-0.25, -0.2) is 8.78 Å². The van der Waals surface area contributed by atoms with Crippen LogP contribution in [-0.4, -0.2) is 44.0 Å². The second kappa shape index (κ2) is 4.89. The van der Waals surface area contributed by atoms with E-state index in [2.05, 4.69) is 4.90 Å². The smallest absolute Gasteiger partial charge is 0.150 e. The van der Waals surface area contributed by atoms with Crippen LogP contribution in [0.5, 0.6) is 0 Å². The summed E-state index contributed by atoms with van der Waals surface area (Å²) in [7, 11) is 1.98. The van der Waals surface area contributed by atoms with E-state index in [0.29, 0.717) is 13.1 Å². The number of rotatable bonds is 2. The number of piperazine rings is 1. The first-order valence-corrected chi connectivity index (χ1v) is 5.76. The van der Waals surface area contributed by atoms with Crippen LogP contribution in [0, 0.1) is 17.0 Å². The predicted molar refractivity (Wildman–Crippen MR) is 67.1 cm³/mol. The summed E-state index contributed by atoms with van der Waals surface area (Å²) in [5.41, 5.74) is 5.28. The molecule has 0 aromatic heterocycles. The van der Waals surface area contributed by atoms with Crippen LogP contribution in [0.3, 0.4) is 0 Å². The van der Waals surface area contributed by atoms with Crippen molar-refractivity contribution in [2.24, 2.45) is 5.73 Å². The van der Waals surface area contributed by atoms with E-state index in [1.807, 2.05) is 7.05 Å². The van der Waals surface area contributed by atoms with E-state index in [9.17, 15) is 8.78 Å². The molecule has 2 rings (SSSR count). The van der Waals surface area contributed by atoms with Gasteiger partial charge in [-0.2, -0.15) is 0 Å². The van der Waals surface area contributed by atoms with E-state index in [1.165, 1.54) is 0 Å². The Morgan fingerprint density at radius 2 is 1.67 bits per heavy atom. The second-order valence-electron chi connectivity index (χ2n) is 4.49. The zero-order valence-electron chi connectivity index (χ0n) is 10.2. The molecule has 0 atom stereocenters. The van der Waals surface area contributed by atoms with E-state index >= 15 is 0 Å². The van der Waals surface area contributed by atoms with Crippen molar-refractivity contribution >= 4 is 11.5 Å². The van der Waals surface area contributed by atoms with Crippen molar-refractivity contribution in [1.29, 1.82) is 5.41 Å². The number of hydrogen-bond donors (Lipinski definition) is 2. The molecule has 6 heteroatoms. The SMILES string of the molecule is CN1CCN(c2c(F)cc(C(=N)N)cc2F)CC1. The zero-order valence-corrected chi connectivity index (χ0v) is 10.2. The summed E-state index contributed by atoms with van der Waals surface area (Å²) in [5.74, 6) is -1.66. The monoisotopic (exact) mass is 254 g/mol. The number of benzene rings is 1. The quantitative estimate of drug-likeness (QED) is 0.611. The van der Waals surface area contributed by atoms with E-state index in [1.54, 1.807) is 4.90 Å². The zero-order chi connectivity index (χ0) is 13.3. The summed E-state index contributed by atoms with van der Waals surface area (Å²) in [5, 5.41) is 7.19. The highest BCUT2D eigenvalue weighted by atomic mass is 19.1. The molecule has 0 saturated carbocycles. The standard InChI is InChI=1S/C12H16F2N4/c1-17-2-4-18(5-3-17)11-9(13)6-8(12(15)16)7-10(11)14/h6-7H,2-5H2,1H3,(H3,15,16). The maximum absolute atomic E-state index is 13.9. The number of amidine groups is 1. The van der Waals surface area contributed by atoms with Gasteiger partial charge in [0.15, 0.2) is 0 Å². The van der Waals surface area contributed by atoms with Gasteiger partial charge in [0.2, 0.25) is 0 Å². The van der Waals surface area contributed by atoms with Gasteiger partial charge in [0.25, 0.3) is 0 Å². The van der Waals surface area contributed by atoms with Crippen LogP contribution in [-0.2, 0) is 0 Å². The molecular weight excluding hydrogens is 238 g/mol. The highest BCUT2D eigenvalue weighted by Gasteiger charge is 2.21. The van der Waals surface area contributed by atoms with Crippen molar-refractivity contribution in [3.8, 4) is 0 Å². The fourth-order valence-corrected chi connectivity index (χ4v) is 2.05. The highest BCUT2D eigenvalue weighted by Crippen LogP contribution is 2.25. The molecule has 0 unspecified atom stereocenters. The molecule has 1 heterocycles. The molecule has 0 radical (unpaired) electrons. The fraction of sp³-hybridized carbons (Fsp3) is 0.417. The van der Waals surface area contributed by atoms with Gasteiger partial charge in [-0.15, -0.1) is 0 Å². The summed E-state index contributed by atoms with van der Waals surface area (Å²) in [6.45, 7) is 2.72. The van der Waals surface area contributed by atoms with Gasteiger partial charge in [0, 0.05) is 31.7 Å². The average Bonchev–Trinajstić information content (AvgIpc) is 2.30. The Bertz CT molecular complexity index is 444. The minimum absolute atomic E-state index is 0.0203. The minimum Gasteiger partial charge on any atom is -0.384 e. The maximum atomic E-state index is 13.9. The molecule has 0 amide bonds. The fourth-order valence-electron chi connectivity index (χ4n) is 2.05. The third-order valence-corrected chi connectivity index (χ3v) is 3.15. The number of nitrogens with two attached hydrogens (primary N) is 1. The Morgan fingerprint density at radius 1 is 1.17 bits per heavy atom. The number of nitrogens with one attached hydrogen (secondary N) is 1. The Morgan fingerprint density at radius 3 is 2.11 bits per heavy atom. The van der Waals surface area contributed by atoms with E-state index in [0.717, 1.165) is 25.2 Å². The Labute approximate surface area is 104 Å². The second-order valence-corrected chi connectivity index (χ2v) is 4.49. The molecule has 1 fully saturated rings. The first kappa shape index (κ1) is 12.8. The van der Waals surface area contributed by atoms with E-state index in [-0.39, 0.29) is 17.1 Å². The van der Waals surface area contributed by atoms with Gasteiger partial charge in [0.1, 0.15) is 23.2 Å². The van der Waals surface area contributed by atoms with Gasteiger partial charge in [-0.3, -0.25) is 5.41 Å². The van der Waals surface area contributed by atoms with Crippen molar-refractivity contribution < 1.29 is 8.78 Å². The highest BCUT2D eigenvalue weighted by molar-refractivity contribution is 5.95. The van der Waals surface area contributed by atoms with Gasteiger partial charge >= 0.3 is 0 Å².